The molecule has 0 amide bonds. The van der Waals surface area contributed by atoms with Crippen LogP contribution in [0.3, 0.4) is 0 Å². The van der Waals surface area contributed by atoms with Crippen LogP contribution in [0.25, 0.3) is 0 Å². The topological polar surface area (TPSA) is 13.0 Å². The fraction of sp³-hybridized carbons (Fsp3) is 0.571. The van der Waals surface area contributed by atoms with Gasteiger partial charge >= 0.3 is 135 Å². The van der Waals surface area contributed by atoms with Crippen molar-refractivity contribution in [2.45, 2.75) is 0 Å². The Morgan fingerprint density at radius 2 is 0.708 bits per heavy atom. The van der Waals surface area contributed by atoms with Gasteiger partial charge in [-0.3, -0.25) is 0 Å². The first-order valence-corrected chi connectivity index (χ1v) is 10.0. The van der Waals surface area contributed by atoms with Crippen molar-refractivity contribution in [3.05, 3.63) is 29.1 Å². The van der Waals surface area contributed by atoms with Crippen LogP contribution in [-0.2, 0) is 0 Å². The molecular formula is C14H16F5N4P. The third-order valence-electron chi connectivity index (χ3n) is 6.14. The molecule has 0 bridgehead atoms. The van der Waals surface area contributed by atoms with Crippen LogP contribution in [0.1, 0.15) is 0 Å². The van der Waals surface area contributed by atoms with Crippen LogP contribution < -0.4 is 5.30 Å². The molecule has 0 unspecified atom stereocenters. The van der Waals surface area contributed by atoms with Crippen molar-refractivity contribution in [1.29, 1.82) is 0 Å². The molecule has 1 aromatic carbocycles. The number of halogens is 5. The minimum absolute atomic E-state index is 0.588. The molecule has 4 nitrogen and oxygen atoms in total. The van der Waals surface area contributed by atoms with Crippen LogP contribution in [0.15, 0.2) is 0 Å². The first kappa shape index (κ1) is 15.4. The average molecular weight is 366 g/mol. The van der Waals surface area contributed by atoms with E-state index >= 15 is 0 Å². The zero-order valence-electron chi connectivity index (χ0n) is 12.8. The SMILES string of the molecule is Fc1c(F)c(F)c(P234N5CCN2CCN3CCN4CC5)c(F)c1F. The first-order chi connectivity index (χ1) is 11.4. The van der Waals surface area contributed by atoms with E-state index in [-0.39, 0.29) is 0 Å². The van der Waals surface area contributed by atoms with Crippen molar-refractivity contribution in [1.82, 2.24) is 18.7 Å². The van der Waals surface area contributed by atoms with Crippen molar-refractivity contribution < 1.29 is 22.0 Å². The van der Waals surface area contributed by atoms with Crippen molar-refractivity contribution in [2.75, 3.05) is 52.4 Å². The maximum atomic E-state index is 14.9. The molecule has 132 valence electrons. The molecule has 4 aliphatic rings. The standard InChI is InChI=1S/C14H16F5N4P/c15-9-10(16)12(18)14(13(19)11(9)17)24-20-1-2-21(24)5-6-23(24)8-7-22(24)4-3-20/h1-8H2. The molecule has 4 fully saturated rings. The second-order valence-corrected chi connectivity index (χ2v) is 11.3. The molecule has 24 heavy (non-hydrogen) atoms. The molecular weight excluding hydrogens is 350 g/mol. The van der Waals surface area contributed by atoms with Crippen LogP contribution in [0.2, 0.25) is 0 Å². The second kappa shape index (κ2) is 4.45. The molecule has 0 atom stereocenters. The third kappa shape index (κ3) is 1.24. The summed E-state index contributed by atoms with van der Waals surface area (Å²) in [5.74, 6) is -9.10. The van der Waals surface area contributed by atoms with Crippen LogP contribution >= 0.6 is 7.21 Å². The zero-order chi connectivity index (χ0) is 16.9. The quantitative estimate of drug-likeness (QED) is 0.323. The minimum atomic E-state index is -3.84. The molecule has 4 heterocycles. The van der Waals surface area contributed by atoms with Gasteiger partial charge in [0, 0.05) is 0 Å². The summed E-state index contributed by atoms with van der Waals surface area (Å²) in [5, 5.41) is -0.595. The van der Waals surface area contributed by atoms with Gasteiger partial charge in [0.15, 0.2) is 0 Å². The first-order valence-electron chi connectivity index (χ1n) is 8.00. The van der Waals surface area contributed by atoms with Crippen LogP contribution in [0, 0.1) is 29.1 Å². The zero-order valence-corrected chi connectivity index (χ0v) is 13.7. The fourth-order valence-corrected chi connectivity index (χ4v) is 13.3. The monoisotopic (exact) mass is 366 g/mol. The number of hydrogen-bond donors (Lipinski definition) is 0. The van der Waals surface area contributed by atoms with Crippen LogP contribution in [0.5, 0.6) is 0 Å². The Hall–Kier alpha value is -0.860. The summed E-state index contributed by atoms with van der Waals surface area (Å²) in [6.45, 7) is 4.70. The summed E-state index contributed by atoms with van der Waals surface area (Å²) in [7, 11) is -3.84. The Balaban J connectivity index is 1.95. The summed E-state index contributed by atoms with van der Waals surface area (Å²) in [6.07, 6.45) is 0. The van der Waals surface area contributed by atoms with Gasteiger partial charge in [-0.05, 0) is 0 Å². The molecule has 4 saturated heterocycles. The van der Waals surface area contributed by atoms with Gasteiger partial charge in [-0.1, -0.05) is 0 Å². The molecule has 0 N–H and O–H groups in total. The van der Waals surface area contributed by atoms with Crippen molar-refractivity contribution in [3.63, 3.8) is 0 Å². The van der Waals surface area contributed by atoms with E-state index in [4.69, 9.17) is 0 Å². The van der Waals surface area contributed by atoms with Crippen molar-refractivity contribution in [3.8, 4) is 0 Å². The molecule has 0 saturated carbocycles. The molecule has 5 rings (SSSR count). The summed E-state index contributed by atoms with van der Waals surface area (Å²) < 4.78 is 79.5. The average Bonchev–Trinajstić information content (AvgIpc) is 3.21. The summed E-state index contributed by atoms with van der Waals surface area (Å²) in [6, 6.07) is 0. The van der Waals surface area contributed by atoms with Gasteiger partial charge in [0.25, 0.3) is 0 Å². The fourth-order valence-electron chi connectivity index (χ4n) is 5.43. The van der Waals surface area contributed by atoms with Gasteiger partial charge in [-0.2, -0.15) is 0 Å². The van der Waals surface area contributed by atoms with E-state index < -0.39 is 41.6 Å². The number of nitrogens with zero attached hydrogens (tertiary/aromatic N) is 4. The van der Waals surface area contributed by atoms with Crippen LogP contribution in [-0.4, -0.2) is 71.0 Å². The maximum absolute atomic E-state index is 14.9. The Morgan fingerprint density at radius 3 is 1.00 bits per heavy atom. The van der Waals surface area contributed by atoms with Gasteiger partial charge in [0.05, 0.1) is 0 Å². The summed E-state index contributed by atoms with van der Waals surface area (Å²) >= 11 is 0. The van der Waals surface area contributed by atoms with E-state index in [0.717, 1.165) is 0 Å². The normalized spacial score (nSPS) is 30.5. The number of rotatable bonds is 1. The second-order valence-electron chi connectivity index (χ2n) is 6.67. The van der Waals surface area contributed by atoms with E-state index in [0.29, 0.717) is 52.4 Å². The molecule has 0 aromatic heterocycles. The molecule has 0 aliphatic carbocycles. The Morgan fingerprint density at radius 1 is 0.458 bits per heavy atom. The van der Waals surface area contributed by atoms with Gasteiger partial charge in [-0.25, -0.2) is 0 Å². The van der Waals surface area contributed by atoms with Crippen molar-refractivity contribution >= 4 is 12.5 Å². The van der Waals surface area contributed by atoms with E-state index in [9.17, 15) is 22.0 Å². The van der Waals surface area contributed by atoms with E-state index in [1.807, 2.05) is 18.7 Å². The molecule has 4 aliphatic heterocycles. The number of benzene rings is 1. The summed E-state index contributed by atoms with van der Waals surface area (Å²) in [5.41, 5.74) is 0. The predicted octanol–water partition coefficient (Wildman–Crippen LogP) is 1.48. The predicted molar refractivity (Wildman–Crippen MR) is 79.1 cm³/mol. The van der Waals surface area contributed by atoms with Gasteiger partial charge < -0.3 is 0 Å². The van der Waals surface area contributed by atoms with Gasteiger partial charge in [0.2, 0.25) is 0 Å². The molecule has 0 radical (unpaired) electrons. The Bertz CT molecular complexity index is 670. The van der Waals surface area contributed by atoms with Gasteiger partial charge in [0.1, 0.15) is 0 Å². The Kier molecular flexibility index (Phi) is 2.86. The summed E-state index contributed by atoms with van der Waals surface area (Å²) in [4.78, 5) is 0. The molecule has 1 aromatic rings. The van der Waals surface area contributed by atoms with E-state index in [1.54, 1.807) is 0 Å². The Labute approximate surface area is 135 Å². The number of hydrogen-bond acceptors (Lipinski definition) is 4. The molecule has 1 spiro atoms. The molecule has 10 heteroatoms. The van der Waals surface area contributed by atoms with Crippen LogP contribution in [0.4, 0.5) is 22.0 Å². The third-order valence-corrected chi connectivity index (χ3v) is 13.1. The van der Waals surface area contributed by atoms with E-state index in [2.05, 4.69) is 0 Å². The van der Waals surface area contributed by atoms with Crippen molar-refractivity contribution in [2.24, 2.45) is 0 Å². The van der Waals surface area contributed by atoms with E-state index in [1.165, 1.54) is 0 Å². The van der Waals surface area contributed by atoms with Gasteiger partial charge in [-0.15, -0.1) is 0 Å².